The van der Waals surface area contributed by atoms with Crippen molar-refractivity contribution in [1.29, 1.82) is 0 Å². The van der Waals surface area contributed by atoms with Gasteiger partial charge in [-0.25, -0.2) is 9.78 Å². The molecule has 3 rings (SSSR count). The van der Waals surface area contributed by atoms with E-state index in [4.69, 9.17) is 0 Å². The van der Waals surface area contributed by atoms with Crippen molar-refractivity contribution in [2.75, 3.05) is 13.1 Å². The lowest BCUT2D eigenvalue weighted by molar-refractivity contribution is -0.132. The number of rotatable bonds is 5. The summed E-state index contributed by atoms with van der Waals surface area (Å²) in [7, 11) is 0. The minimum absolute atomic E-state index is 0.161. The molecule has 0 aliphatic carbocycles. The summed E-state index contributed by atoms with van der Waals surface area (Å²) in [5.74, 6) is 1.55. The molecule has 7 nitrogen and oxygen atoms in total. The quantitative estimate of drug-likeness (QED) is 0.886. The summed E-state index contributed by atoms with van der Waals surface area (Å²) in [6.07, 6.45) is 6.96. The molecule has 1 fully saturated rings. The number of carbonyl (C=O) groups is 1. The number of aryl methyl sites for hydroxylation is 3. The van der Waals surface area contributed by atoms with E-state index in [1.165, 1.54) is 0 Å². The predicted octanol–water partition coefficient (Wildman–Crippen LogP) is 1.94. The molecule has 0 spiro atoms. The Morgan fingerprint density at radius 3 is 2.92 bits per heavy atom. The smallest absolute Gasteiger partial charge is 0.342 e. The molecule has 140 valence electrons. The van der Waals surface area contributed by atoms with Gasteiger partial charge < -0.3 is 14.5 Å². The van der Waals surface area contributed by atoms with Gasteiger partial charge in [0.2, 0.25) is 5.91 Å². The van der Waals surface area contributed by atoms with E-state index in [9.17, 15) is 9.59 Å². The molecule has 1 atom stereocenters. The molecular weight excluding hydrogens is 330 g/mol. The van der Waals surface area contributed by atoms with E-state index < -0.39 is 0 Å². The zero-order chi connectivity index (χ0) is 18.7. The summed E-state index contributed by atoms with van der Waals surface area (Å²) >= 11 is 0. The molecule has 1 aliphatic heterocycles. The van der Waals surface area contributed by atoms with E-state index in [0.29, 0.717) is 24.5 Å². The van der Waals surface area contributed by atoms with Gasteiger partial charge in [-0.15, -0.1) is 0 Å². The lowest BCUT2D eigenvalue weighted by Crippen LogP contribution is -2.40. The van der Waals surface area contributed by atoms with Gasteiger partial charge in [0, 0.05) is 55.8 Å². The van der Waals surface area contributed by atoms with Crippen LogP contribution in [0.5, 0.6) is 0 Å². The first-order chi connectivity index (χ1) is 12.5. The third-order valence-electron chi connectivity index (χ3n) is 5.27. The van der Waals surface area contributed by atoms with Gasteiger partial charge in [-0.3, -0.25) is 4.79 Å². The average molecular weight is 357 g/mol. The Labute approximate surface area is 153 Å². The highest BCUT2D eigenvalue weighted by molar-refractivity contribution is 5.76. The minimum Gasteiger partial charge on any atom is -0.342 e. The maximum Gasteiger partial charge on any atom is 0.345 e. The van der Waals surface area contributed by atoms with Crippen LogP contribution in [0.4, 0.5) is 0 Å². The number of hydrogen-bond acceptors (Lipinski definition) is 4. The lowest BCUT2D eigenvalue weighted by atomic mass is 9.96. The van der Waals surface area contributed by atoms with Crippen molar-refractivity contribution < 1.29 is 4.79 Å². The zero-order valence-corrected chi connectivity index (χ0v) is 15.8. The molecule has 3 heterocycles. The molecule has 0 aromatic carbocycles. The van der Waals surface area contributed by atoms with Crippen LogP contribution >= 0.6 is 0 Å². The van der Waals surface area contributed by atoms with E-state index in [-0.39, 0.29) is 11.6 Å². The van der Waals surface area contributed by atoms with Gasteiger partial charge in [0.05, 0.1) is 0 Å². The van der Waals surface area contributed by atoms with Gasteiger partial charge in [-0.2, -0.15) is 4.98 Å². The molecule has 0 bridgehead atoms. The van der Waals surface area contributed by atoms with Crippen molar-refractivity contribution in [2.24, 2.45) is 0 Å². The van der Waals surface area contributed by atoms with Crippen molar-refractivity contribution in [3.8, 4) is 0 Å². The summed E-state index contributed by atoms with van der Waals surface area (Å²) in [5, 5.41) is 0. The molecule has 0 radical (unpaired) electrons. The summed E-state index contributed by atoms with van der Waals surface area (Å²) in [6.45, 7) is 8.24. The highest BCUT2D eigenvalue weighted by Crippen LogP contribution is 2.26. The molecule has 1 saturated heterocycles. The van der Waals surface area contributed by atoms with E-state index in [1.807, 2.05) is 31.1 Å². The molecule has 0 saturated carbocycles. The number of amides is 1. The maximum absolute atomic E-state index is 12.7. The van der Waals surface area contributed by atoms with Crippen molar-refractivity contribution in [1.82, 2.24) is 24.4 Å². The monoisotopic (exact) mass is 357 g/mol. The first kappa shape index (κ1) is 18.4. The molecule has 1 N–H and O–H groups in total. The fourth-order valence-corrected chi connectivity index (χ4v) is 3.88. The third kappa shape index (κ3) is 3.86. The van der Waals surface area contributed by atoms with Crippen LogP contribution in [-0.2, 0) is 17.8 Å². The second-order valence-electron chi connectivity index (χ2n) is 6.98. The standard InChI is InChI=1S/C19H27N5O2/c1-4-23-11-9-20-18(23)15-6-5-10-24(12-15)17(25)8-7-16-13(2)21-19(26)22-14(16)3/h9,11,15H,4-8,10,12H2,1-3H3,(H,21,22,26)/t15-/m1/s1. The van der Waals surface area contributed by atoms with Crippen LogP contribution < -0.4 is 5.69 Å². The Morgan fingerprint density at radius 2 is 2.19 bits per heavy atom. The SMILES string of the molecule is CCn1ccnc1[C@@H]1CCCN(C(=O)CCc2c(C)nc(=O)[nH]c2C)C1. The first-order valence-electron chi connectivity index (χ1n) is 9.34. The number of aromatic amines is 1. The van der Waals surface area contributed by atoms with Crippen LogP contribution in [0.3, 0.4) is 0 Å². The normalized spacial score (nSPS) is 17.5. The highest BCUT2D eigenvalue weighted by atomic mass is 16.2. The van der Waals surface area contributed by atoms with Crippen LogP contribution in [0.1, 0.15) is 54.9 Å². The number of likely N-dealkylation sites (tertiary alicyclic amines) is 1. The van der Waals surface area contributed by atoms with E-state index in [2.05, 4.69) is 26.4 Å². The number of hydrogen-bond donors (Lipinski definition) is 1. The van der Waals surface area contributed by atoms with Crippen LogP contribution in [0, 0.1) is 13.8 Å². The number of piperidine rings is 1. The predicted molar refractivity (Wildman–Crippen MR) is 99.1 cm³/mol. The van der Waals surface area contributed by atoms with Gasteiger partial charge in [0.25, 0.3) is 0 Å². The summed E-state index contributed by atoms with van der Waals surface area (Å²) in [6, 6.07) is 0. The molecule has 1 amide bonds. The molecule has 26 heavy (non-hydrogen) atoms. The third-order valence-corrected chi connectivity index (χ3v) is 5.27. The largest absolute Gasteiger partial charge is 0.345 e. The molecule has 2 aromatic heterocycles. The summed E-state index contributed by atoms with van der Waals surface area (Å²) < 4.78 is 2.16. The van der Waals surface area contributed by atoms with Crippen LogP contribution in [0.2, 0.25) is 0 Å². The first-order valence-corrected chi connectivity index (χ1v) is 9.34. The van der Waals surface area contributed by atoms with Crippen molar-refractivity contribution >= 4 is 5.91 Å². The molecule has 7 heteroatoms. The molecule has 0 unspecified atom stereocenters. The zero-order valence-electron chi connectivity index (χ0n) is 15.8. The molecular formula is C19H27N5O2. The van der Waals surface area contributed by atoms with Gasteiger partial charge >= 0.3 is 5.69 Å². The Morgan fingerprint density at radius 1 is 1.38 bits per heavy atom. The van der Waals surface area contributed by atoms with Crippen molar-refractivity contribution in [2.45, 2.75) is 58.9 Å². The number of imidazole rings is 1. The Bertz CT molecular complexity index is 812. The van der Waals surface area contributed by atoms with Crippen molar-refractivity contribution in [3.63, 3.8) is 0 Å². The molecule has 2 aromatic rings. The Hall–Kier alpha value is -2.44. The lowest BCUT2D eigenvalue weighted by Gasteiger charge is -2.32. The number of nitrogens with zero attached hydrogens (tertiary/aromatic N) is 4. The van der Waals surface area contributed by atoms with E-state index in [1.54, 1.807) is 0 Å². The maximum atomic E-state index is 12.7. The number of H-pyrrole nitrogens is 1. The summed E-state index contributed by atoms with van der Waals surface area (Å²) in [4.78, 5) is 37.3. The summed E-state index contributed by atoms with van der Waals surface area (Å²) in [5.41, 5.74) is 2.14. The highest BCUT2D eigenvalue weighted by Gasteiger charge is 2.27. The number of aromatic nitrogens is 4. The number of nitrogens with one attached hydrogen (secondary N) is 1. The van der Waals surface area contributed by atoms with Gasteiger partial charge in [0.1, 0.15) is 5.82 Å². The van der Waals surface area contributed by atoms with E-state index in [0.717, 1.165) is 49.6 Å². The Balaban J connectivity index is 1.64. The average Bonchev–Trinajstić information content (AvgIpc) is 3.09. The molecule has 1 aliphatic rings. The topological polar surface area (TPSA) is 83.9 Å². The van der Waals surface area contributed by atoms with Gasteiger partial charge in [-0.05, 0) is 45.6 Å². The fourth-order valence-electron chi connectivity index (χ4n) is 3.88. The fraction of sp³-hybridized carbons (Fsp3) is 0.579. The Kier molecular flexibility index (Phi) is 5.54. The van der Waals surface area contributed by atoms with Gasteiger partial charge in [-0.1, -0.05) is 0 Å². The van der Waals surface area contributed by atoms with Crippen molar-refractivity contribution in [3.05, 3.63) is 45.7 Å². The van der Waals surface area contributed by atoms with Crippen LogP contribution in [0.15, 0.2) is 17.2 Å². The van der Waals surface area contributed by atoms with Gasteiger partial charge in [0.15, 0.2) is 0 Å². The second kappa shape index (κ2) is 7.85. The van der Waals surface area contributed by atoms with Crippen LogP contribution in [-0.4, -0.2) is 43.4 Å². The number of carbonyl (C=O) groups excluding carboxylic acids is 1. The second-order valence-corrected chi connectivity index (χ2v) is 6.98. The minimum atomic E-state index is -0.333. The van der Waals surface area contributed by atoms with E-state index >= 15 is 0 Å². The van der Waals surface area contributed by atoms with Crippen LogP contribution in [0.25, 0.3) is 0 Å².